The van der Waals surface area contributed by atoms with E-state index in [1.807, 2.05) is 0 Å². The average molecular weight is 209 g/mol. The predicted octanol–water partition coefficient (Wildman–Crippen LogP) is -0.0807. The molecule has 1 aromatic rings. The van der Waals surface area contributed by atoms with Crippen LogP contribution in [0.3, 0.4) is 0 Å². The third kappa shape index (κ3) is 2.02. The van der Waals surface area contributed by atoms with Crippen molar-refractivity contribution in [1.82, 2.24) is 4.98 Å². The lowest BCUT2D eigenvalue weighted by molar-refractivity contribution is -0.139. The van der Waals surface area contributed by atoms with E-state index in [9.17, 15) is 17.6 Å². The number of halogens is 4. The summed E-state index contributed by atoms with van der Waals surface area (Å²) < 4.78 is 49.2. The van der Waals surface area contributed by atoms with Gasteiger partial charge in [0.2, 0.25) is 0 Å². The molecule has 2 N–H and O–H groups in total. The van der Waals surface area contributed by atoms with Gasteiger partial charge >= 0.3 is 13.3 Å². The number of hydrogen-bond donors (Lipinski definition) is 2. The average Bonchev–Trinajstić information content (AvgIpc) is 2.01. The molecule has 0 unspecified atom stereocenters. The van der Waals surface area contributed by atoms with Crippen LogP contribution in [0.4, 0.5) is 17.6 Å². The monoisotopic (exact) mass is 209 g/mol. The maximum Gasteiger partial charge on any atom is 0.508 e. The first-order valence-corrected chi connectivity index (χ1v) is 3.41. The first kappa shape index (κ1) is 10.9. The topological polar surface area (TPSA) is 53.4 Å². The highest BCUT2D eigenvalue weighted by Gasteiger charge is 2.40. The van der Waals surface area contributed by atoms with Gasteiger partial charge in [0.1, 0.15) is 11.4 Å². The largest absolute Gasteiger partial charge is 0.508 e. The van der Waals surface area contributed by atoms with Crippen LogP contribution in [0.2, 0.25) is 0 Å². The predicted molar refractivity (Wildman–Crippen MR) is 39.0 cm³/mol. The van der Waals surface area contributed by atoms with Crippen molar-refractivity contribution in [2.75, 3.05) is 0 Å². The lowest BCUT2D eigenvalue weighted by Crippen LogP contribution is -2.39. The molecule has 3 nitrogen and oxygen atoms in total. The Bertz CT molecular complexity index is 341. The van der Waals surface area contributed by atoms with Gasteiger partial charge in [0.05, 0.1) is 5.59 Å². The molecule has 0 fully saturated rings. The van der Waals surface area contributed by atoms with Crippen molar-refractivity contribution in [3.63, 3.8) is 0 Å². The van der Waals surface area contributed by atoms with Crippen molar-refractivity contribution < 1.29 is 27.6 Å². The third-order valence-electron chi connectivity index (χ3n) is 1.46. The summed E-state index contributed by atoms with van der Waals surface area (Å²) in [5.41, 5.74) is -2.90. The van der Waals surface area contributed by atoms with E-state index < -0.39 is 30.3 Å². The van der Waals surface area contributed by atoms with Gasteiger partial charge in [-0.05, 0) is 6.07 Å². The number of hydrogen-bond acceptors (Lipinski definition) is 3. The van der Waals surface area contributed by atoms with Crippen LogP contribution in [0.15, 0.2) is 12.3 Å². The summed E-state index contributed by atoms with van der Waals surface area (Å²) in [6.07, 6.45) is -4.28. The minimum absolute atomic E-state index is 0.495. The highest BCUT2D eigenvalue weighted by atomic mass is 19.4. The summed E-state index contributed by atoms with van der Waals surface area (Å²) in [6, 6.07) is 0.495. The standard InChI is InChI=1S/C6H4BF4NO2/c8-3-1-2-12-5(7(13)14)4(3)6(9,10)11/h1-2,13-14H. The van der Waals surface area contributed by atoms with Crippen molar-refractivity contribution in [3.8, 4) is 0 Å². The summed E-state index contributed by atoms with van der Waals surface area (Å²) in [5, 5.41) is 17.0. The fourth-order valence-corrected chi connectivity index (χ4v) is 0.930. The Kier molecular flexibility index (Phi) is 2.77. The van der Waals surface area contributed by atoms with Crippen molar-refractivity contribution in [3.05, 3.63) is 23.6 Å². The molecule has 0 aromatic carbocycles. The third-order valence-corrected chi connectivity index (χ3v) is 1.46. The van der Waals surface area contributed by atoms with Crippen molar-refractivity contribution in [2.24, 2.45) is 0 Å². The molecule has 0 aliphatic heterocycles. The Morgan fingerprint density at radius 3 is 2.21 bits per heavy atom. The van der Waals surface area contributed by atoms with Gasteiger partial charge in [-0.25, -0.2) is 4.39 Å². The first-order chi connectivity index (χ1) is 6.34. The fourth-order valence-electron chi connectivity index (χ4n) is 0.930. The number of aromatic nitrogens is 1. The van der Waals surface area contributed by atoms with Gasteiger partial charge in [0, 0.05) is 6.20 Å². The highest BCUT2D eigenvalue weighted by molar-refractivity contribution is 6.58. The van der Waals surface area contributed by atoms with Crippen LogP contribution in [-0.2, 0) is 6.18 Å². The summed E-state index contributed by atoms with van der Waals surface area (Å²) >= 11 is 0. The fraction of sp³-hybridized carbons (Fsp3) is 0.167. The van der Waals surface area contributed by atoms with Crippen LogP contribution in [0.1, 0.15) is 5.56 Å². The molecule has 0 aliphatic carbocycles. The quantitative estimate of drug-likeness (QED) is 0.502. The highest BCUT2D eigenvalue weighted by Crippen LogP contribution is 2.29. The van der Waals surface area contributed by atoms with Crippen molar-refractivity contribution >= 4 is 12.7 Å². The number of rotatable bonds is 1. The second kappa shape index (κ2) is 3.54. The van der Waals surface area contributed by atoms with E-state index in [2.05, 4.69) is 4.98 Å². The summed E-state index contributed by atoms with van der Waals surface area (Å²) in [6.45, 7) is 0. The molecule has 1 aromatic heterocycles. The van der Waals surface area contributed by atoms with Gasteiger partial charge in [-0.1, -0.05) is 0 Å². The second-order valence-electron chi connectivity index (χ2n) is 2.42. The second-order valence-corrected chi connectivity index (χ2v) is 2.42. The normalized spacial score (nSPS) is 11.6. The van der Waals surface area contributed by atoms with Gasteiger partial charge in [0.15, 0.2) is 0 Å². The van der Waals surface area contributed by atoms with Crippen LogP contribution in [-0.4, -0.2) is 22.2 Å². The van der Waals surface area contributed by atoms with E-state index in [0.717, 1.165) is 6.20 Å². The molecule has 0 saturated heterocycles. The smallest absolute Gasteiger partial charge is 0.422 e. The minimum Gasteiger partial charge on any atom is -0.422 e. The molecule has 0 bridgehead atoms. The van der Waals surface area contributed by atoms with E-state index in [0.29, 0.717) is 6.07 Å². The molecule has 0 saturated carbocycles. The first-order valence-electron chi connectivity index (χ1n) is 3.41. The van der Waals surface area contributed by atoms with Crippen LogP contribution in [0, 0.1) is 5.82 Å². The lowest BCUT2D eigenvalue weighted by atomic mass is 9.82. The van der Waals surface area contributed by atoms with Gasteiger partial charge in [-0.2, -0.15) is 13.2 Å². The molecule has 0 amide bonds. The van der Waals surface area contributed by atoms with E-state index in [4.69, 9.17) is 10.0 Å². The molecule has 14 heavy (non-hydrogen) atoms. The lowest BCUT2D eigenvalue weighted by Gasteiger charge is -2.11. The Morgan fingerprint density at radius 1 is 1.29 bits per heavy atom. The van der Waals surface area contributed by atoms with Crippen LogP contribution < -0.4 is 5.59 Å². The Labute approximate surface area is 76.2 Å². The van der Waals surface area contributed by atoms with Crippen LogP contribution in [0.25, 0.3) is 0 Å². The maximum absolute atomic E-state index is 12.7. The molecule has 8 heteroatoms. The van der Waals surface area contributed by atoms with Crippen LogP contribution in [0.5, 0.6) is 0 Å². The molecule has 0 aliphatic rings. The van der Waals surface area contributed by atoms with E-state index in [1.54, 1.807) is 0 Å². The zero-order chi connectivity index (χ0) is 10.9. The number of pyridine rings is 1. The molecular formula is C6H4BF4NO2. The van der Waals surface area contributed by atoms with Crippen LogP contribution >= 0.6 is 0 Å². The summed E-state index contributed by atoms with van der Waals surface area (Å²) in [7, 11) is -2.46. The zero-order valence-corrected chi connectivity index (χ0v) is 6.59. The van der Waals surface area contributed by atoms with Gasteiger partial charge in [0.25, 0.3) is 0 Å². The van der Waals surface area contributed by atoms with E-state index in [-0.39, 0.29) is 0 Å². The molecule has 1 rings (SSSR count). The summed E-state index contributed by atoms with van der Waals surface area (Å²) in [5.74, 6) is -1.59. The molecular weight excluding hydrogens is 205 g/mol. The zero-order valence-electron chi connectivity index (χ0n) is 6.59. The van der Waals surface area contributed by atoms with E-state index >= 15 is 0 Å². The molecule has 1 heterocycles. The van der Waals surface area contributed by atoms with Gasteiger partial charge < -0.3 is 10.0 Å². The molecule has 0 spiro atoms. The molecule has 0 radical (unpaired) electrons. The Hall–Kier alpha value is -1.15. The maximum atomic E-state index is 12.7. The van der Waals surface area contributed by atoms with Gasteiger partial charge in [-0.15, -0.1) is 0 Å². The van der Waals surface area contributed by atoms with Crippen molar-refractivity contribution in [2.45, 2.75) is 6.18 Å². The minimum atomic E-state index is -5.00. The SMILES string of the molecule is OB(O)c1nccc(F)c1C(F)(F)F. The van der Waals surface area contributed by atoms with E-state index in [1.165, 1.54) is 0 Å². The Balaban J connectivity index is 3.38. The molecule has 0 atom stereocenters. The van der Waals surface area contributed by atoms with Crippen molar-refractivity contribution in [1.29, 1.82) is 0 Å². The summed E-state index contributed by atoms with van der Waals surface area (Å²) in [4.78, 5) is 3.05. The molecule has 76 valence electrons. The number of nitrogens with zero attached hydrogens (tertiary/aromatic N) is 1. The number of alkyl halides is 3. The Morgan fingerprint density at radius 2 is 1.86 bits per heavy atom. The van der Waals surface area contributed by atoms with Gasteiger partial charge in [-0.3, -0.25) is 4.98 Å².